The van der Waals surface area contributed by atoms with Crippen molar-refractivity contribution >= 4 is 20.7 Å². The Morgan fingerprint density at radius 2 is 2.14 bits per heavy atom. The van der Waals surface area contributed by atoms with Crippen molar-refractivity contribution in [1.82, 2.24) is 9.47 Å². The Morgan fingerprint density at radius 3 is 2.81 bits per heavy atom. The van der Waals surface area contributed by atoms with Crippen LogP contribution in [-0.2, 0) is 16.4 Å². The summed E-state index contributed by atoms with van der Waals surface area (Å²) in [6, 6.07) is 5.84. The lowest BCUT2D eigenvalue weighted by atomic mass is 10.2. The van der Waals surface area contributed by atoms with Crippen molar-refractivity contribution in [3.8, 4) is 0 Å². The summed E-state index contributed by atoms with van der Waals surface area (Å²) in [7, 11) is -3.29. The van der Waals surface area contributed by atoms with Gasteiger partial charge in [0, 0.05) is 37.9 Å². The summed E-state index contributed by atoms with van der Waals surface area (Å²) in [5.74, 6) is 0. The first-order valence-corrected chi connectivity index (χ1v) is 8.49. The molecule has 1 atom stereocenters. The van der Waals surface area contributed by atoms with Gasteiger partial charge in [-0.2, -0.15) is 0 Å². The molecule has 0 amide bonds. The largest absolute Gasteiger partial charge is 0.346 e. The van der Waals surface area contributed by atoms with E-state index in [1.165, 1.54) is 0 Å². The zero-order valence-electron chi connectivity index (χ0n) is 17.8. The number of hydrogen-bond acceptors (Lipinski definition) is 3. The second-order valence-corrected chi connectivity index (χ2v) is 7.88. The highest BCUT2D eigenvalue weighted by molar-refractivity contribution is 7.92. The SMILES string of the molecule is [2H]C([2H])([2H])N([C@H](C)Cn1ccc2cc(S(=O)(=O)C3CC3)ccc21)C([2H])([2H])[2H]. The van der Waals surface area contributed by atoms with Gasteiger partial charge < -0.3 is 9.47 Å². The van der Waals surface area contributed by atoms with Crippen molar-refractivity contribution in [2.24, 2.45) is 0 Å². The van der Waals surface area contributed by atoms with E-state index >= 15 is 0 Å². The molecule has 1 aromatic heterocycles. The minimum atomic E-state index is -3.29. The summed E-state index contributed by atoms with van der Waals surface area (Å²) in [5, 5.41) is 0.433. The number of aromatic nitrogens is 1. The molecule has 0 unspecified atom stereocenters. The quantitative estimate of drug-likeness (QED) is 0.852. The maximum absolute atomic E-state index is 12.4. The van der Waals surface area contributed by atoms with Crippen LogP contribution in [0.3, 0.4) is 0 Å². The minimum absolute atomic E-state index is 0.148. The Kier molecular flexibility index (Phi) is 2.19. The lowest BCUT2D eigenvalue weighted by molar-refractivity contribution is 0.286. The zero-order valence-corrected chi connectivity index (χ0v) is 12.6. The van der Waals surface area contributed by atoms with E-state index in [9.17, 15) is 8.42 Å². The number of hydrogen-bond donors (Lipinski definition) is 0. The number of sulfone groups is 1. The molecule has 0 N–H and O–H groups in total. The van der Waals surface area contributed by atoms with E-state index in [1.807, 2.05) is 0 Å². The number of rotatable bonds is 5. The smallest absolute Gasteiger partial charge is 0.181 e. The van der Waals surface area contributed by atoms with Crippen molar-refractivity contribution in [2.75, 3.05) is 14.0 Å². The highest BCUT2D eigenvalue weighted by atomic mass is 32.2. The molecule has 1 fully saturated rings. The molecule has 1 aliphatic carbocycles. The van der Waals surface area contributed by atoms with Gasteiger partial charge in [-0.1, -0.05) is 0 Å². The first-order chi connectivity index (χ1) is 12.3. The third-order valence-electron chi connectivity index (χ3n) is 3.94. The zero-order chi connectivity index (χ0) is 20.2. The molecular formula is C16H22N2O2S. The maximum Gasteiger partial charge on any atom is 0.181 e. The van der Waals surface area contributed by atoms with Crippen molar-refractivity contribution in [3.63, 3.8) is 0 Å². The van der Waals surface area contributed by atoms with Crippen LogP contribution in [0, 0.1) is 0 Å². The van der Waals surface area contributed by atoms with E-state index in [1.54, 1.807) is 42.0 Å². The van der Waals surface area contributed by atoms with Gasteiger partial charge in [0.05, 0.1) is 10.1 Å². The summed E-state index contributed by atoms with van der Waals surface area (Å²) < 4.78 is 71.7. The highest BCUT2D eigenvalue weighted by Gasteiger charge is 2.36. The van der Waals surface area contributed by atoms with E-state index in [0.29, 0.717) is 17.7 Å². The topological polar surface area (TPSA) is 42.3 Å². The van der Waals surface area contributed by atoms with Crippen LogP contribution in [0.5, 0.6) is 0 Å². The van der Waals surface area contributed by atoms with Crippen molar-refractivity contribution in [3.05, 3.63) is 30.5 Å². The van der Waals surface area contributed by atoms with Crippen molar-refractivity contribution < 1.29 is 16.6 Å². The van der Waals surface area contributed by atoms with Crippen LogP contribution >= 0.6 is 0 Å². The average Bonchev–Trinajstić information content (AvgIpc) is 3.28. The van der Waals surface area contributed by atoms with Gasteiger partial charge in [-0.05, 0) is 58.0 Å². The molecular weight excluding hydrogens is 284 g/mol. The predicted molar refractivity (Wildman–Crippen MR) is 85.3 cm³/mol. The van der Waals surface area contributed by atoms with E-state index in [-0.39, 0.29) is 16.7 Å². The predicted octanol–water partition coefficient (Wildman–Crippen LogP) is 2.53. The van der Waals surface area contributed by atoms with Crippen LogP contribution in [0.2, 0.25) is 0 Å². The Balaban J connectivity index is 1.89. The molecule has 0 saturated heterocycles. The molecule has 5 heteroatoms. The van der Waals surface area contributed by atoms with Gasteiger partial charge in [0.15, 0.2) is 9.84 Å². The van der Waals surface area contributed by atoms with Gasteiger partial charge in [-0.15, -0.1) is 0 Å². The number of fused-ring (bicyclic) bond motifs is 1. The van der Waals surface area contributed by atoms with Crippen LogP contribution in [0.25, 0.3) is 10.9 Å². The van der Waals surface area contributed by atoms with Crippen LogP contribution < -0.4 is 0 Å². The van der Waals surface area contributed by atoms with Gasteiger partial charge in [0.25, 0.3) is 0 Å². The van der Waals surface area contributed by atoms with Gasteiger partial charge >= 0.3 is 0 Å². The molecule has 0 aliphatic heterocycles. The lowest BCUT2D eigenvalue weighted by Gasteiger charge is -2.20. The standard InChI is InChI=1S/C16H22N2O2S/c1-12(17(2)3)11-18-9-8-13-10-15(6-7-16(13)18)21(19,20)14-4-5-14/h6-10,12,14H,4-5,11H2,1-3H3/t12-/m1/s1/i2D3,3D3. The normalized spacial score (nSPS) is 23.0. The monoisotopic (exact) mass is 312 g/mol. The molecule has 0 radical (unpaired) electrons. The fourth-order valence-corrected chi connectivity index (χ4v) is 4.14. The summed E-state index contributed by atoms with van der Waals surface area (Å²) in [6.45, 7) is -3.80. The van der Waals surface area contributed by atoms with Crippen molar-refractivity contribution in [1.29, 1.82) is 0 Å². The van der Waals surface area contributed by atoms with E-state index in [0.717, 1.165) is 10.9 Å². The second-order valence-electron chi connectivity index (χ2n) is 5.65. The molecule has 1 saturated carbocycles. The van der Waals surface area contributed by atoms with E-state index in [4.69, 9.17) is 8.22 Å². The Labute approximate surface area is 134 Å². The Bertz CT molecular complexity index is 930. The highest BCUT2D eigenvalue weighted by Crippen LogP contribution is 2.34. The average molecular weight is 312 g/mol. The van der Waals surface area contributed by atoms with Crippen LogP contribution in [0.15, 0.2) is 35.4 Å². The minimum Gasteiger partial charge on any atom is -0.346 e. The van der Waals surface area contributed by atoms with Crippen LogP contribution in [-0.4, -0.2) is 43.1 Å². The van der Waals surface area contributed by atoms with E-state index < -0.39 is 29.8 Å². The number of nitrogens with zero attached hydrogens (tertiary/aromatic N) is 2. The molecule has 0 spiro atoms. The molecule has 2 aromatic rings. The molecule has 114 valence electrons. The maximum atomic E-state index is 12.4. The summed E-state index contributed by atoms with van der Waals surface area (Å²) in [4.78, 5) is 0.840. The Hall–Kier alpha value is -1.33. The molecule has 1 aliphatic rings. The number of likely N-dealkylation sites (N-methyl/N-ethyl adjacent to an activating group) is 1. The first kappa shape index (κ1) is 8.96. The van der Waals surface area contributed by atoms with E-state index in [2.05, 4.69) is 0 Å². The van der Waals surface area contributed by atoms with Gasteiger partial charge in [0.1, 0.15) is 0 Å². The Morgan fingerprint density at radius 1 is 1.38 bits per heavy atom. The summed E-state index contributed by atoms with van der Waals surface area (Å²) in [5.41, 5.74) is 0.729. The van der Waals surface area contributed by atoms with Crippen LogP contribution in [0.4, 0.5) is 0 Å². The summed E-state index contributed by atoms with van der Waals surface area (Å²) >= 11 is 0. The molecule has 21 heavy (non-hydrogen) atoms. The molecule has 1 heterocycles. The van der Waals surface area contributed by atoms with Gasteiger partial charge in [-0.3, -0.25) is 0 Å². The fourth-order valence-electron chi connectivity index (χ4n) is 2.45. The second kappa shape index (κ2) is 5.14. The molecule has 1 aromatic carbocycles. The fraction of sp³-hybridized carbons (Fsp3) is 0.500. The number of benzene rings is 1. The third kappa shape index (κ3) is 2.72. The molecule has 4 nitrogen and oxygen atoms in total. The first-order valence-electron chi connectivity index (χ1n) is 9.94. The lowest BCUT2D eigenvalue weighted by Crippen LogP contribution is -2.28. The van der Waals surface area contributed by atoms with Crippen molar-refractivity contribution in [2.45, 2.75) is 42.5 Å². The van der Waals surface area contributed by atoms with Crippen LogP contribution in [0.1, 0.15) is 28.0 Å². The van der Waals surface area contributed by atoms with Gasteiger partial charge in [0.2, 0.25) is 0 Å². The molecule has 3 rings (SSSR count). The van der Waals surface area contributed by atoms with Gasteiger partial charge in [-0.25, -0.2) is 8.42 Å². The molecule has 0 bridgehead atoms. The summed E-state index contributed by atoms with van der Waals surface area (Å²) in [6.07, 6.45) is 3.10. The third-order valence-corrected chi connectivity index (χ3v) is 6.20.